The number of carbonyl (C=O) groups excluding carboxylic acids is 1. The summed E-state index contributed by atoms with van der Waals surface area (Å²) in [6.07, 6.45) is 4.61. The lowest BCUT2D eigenvalue weighted by Gasteiger charge is -2.31. The number of likely N-dealkylation sites (tertiary alicyclic amines) is 1. The Morgan fingerprint density at radius 2 is 1.86 bits per heavy atom. The van der Waals surface area contributed by atoms with Gasteiger partial charge in [-0.15, -0.1) is 0 Å². The summed E-state index contributed by atoms with van der Waals surface area (Å²) in [7, 11) is 0. The molecule has 0 radical (unpaired) electrons. The van der Waals surface area contributed by atoms with Gasteiger partial charge < -0.3 is 4.90 Å². The third-order valence-electron chi connectivity index (χ3n) is 5.39. The summed E-state index contributed by atoms with van der Waals surface area (Å²) in [6.45, 7) is 4.15. The zero-order valence-corrected chi connectivity index (χ0v) is 15.7. The Bertz CT molecular complexity index is 1070. The minimum absolute atomic E-state index is 0.0507. The van der Waals surface area contributed by atoms with Crippen molar-refractivity contribution >= 4 is 17.1 Å². The third-order valence-corrected chi connectivity index (χ3v) is 5.39. The maximum Gasteiger partial charge on any atom is 0.330 e. The molecule has 1 fully saturated rings. The van der Waals surface area contributed by atoms with Crippen LogP contribution in [0.2, 0.25) is 0 Å². The highest BCUT2D eigenvalue weighted by Crippen LogP contribution is 2.22. The molecule has 0 saturated carbocycles. The van der Waals surface area contributed by atoms with E-state index in [-0.39, 0.29) is 23.2 Å². The Balaban J connectivity index is 1.48. The summed E-state index contributed by atoms with van der Waals surface area (Å²) in [6, 6.07) is 6.46. The molecule has 0 bridgehead atoms. The first-order chi connectivity index (χ1) is 13.6. The predicted molar refractivity (Wildman–Crippen MR) is 102 cm³/mol. The molecule has 3 aromatic heterocycles. The van der Waals surface area contributed by atoms with Crippen molar-refractivity contribution in [3.8, 4) is 0 Å². The van der Waals surface area contributed by atoms with Crippen molar-refractivity contribution in [3.05, 3.63) is 58.7 Å². The van der Waals surface area contributed by atoms with E-state index < -0.39 is 5.82 Å². The van der Waals surface area contributed by atoms with E-state index in [2.05, 4.69) is 9.97 Å². The molecule has 0 aliphatic carbocycles. The number of hydrogen-bond donors (Lipinski definition) is 0. The molecule has 0 unspecified atom stereocenters. The summed E-state index contributed by atoms with van der Waals surface area (Å²) in [5.41, 5.74) is 1.36. The third kappa shape index (κ3) is 3.19. The van der Waals surface area contributed by atoms with E-state index in [4.69, 9.17) is 0 Å². The molecule has 1 amide bonds. The van der Waals surface area contributed by atoms with Gasteiger partial charge in [-0.25, -0.2) is 19.2 Å². The number of nitrogens with zero attached hydrogens (tertiary/aromatic N) is 5. The van der Waals surface area contributed by atoms with Crippen molar-refractivity contribution in [3.63, 3.8) is 0 Å². The molecule has 7 nitrogen and oxygen atoms in total. The van der Waals surface area contributed by atoms with Crippen LogP contribution in [0.15, 0.2) is 41.5 Å². The topological polar surface area (TPSA) is 73.0 Å². The molecule has 0 N–H and O–H groups in total. The van der Waals surface area contributed by atoms with Crippen LogP contribution in [0.5, 0.6) is 0 Å². The number of imidazole rings is 1. The average Bonchev–Trinajstić information content (AvgIpc) is 2.99. The van der Waals surface area contributed by atoms with Crippen molar-refractivity contribution in [1.82, 2.24) is 24.0 Å². The van der Waals surface area contributed by atoms with Gasteiger partial charge in [-0.1, -0.05) is 0 Å². The maximum atomic E-state index is 13.8. The smallest absolute Gasteiger partial charge is 0.330 e. The van der Waals surface area contributed by atoms with Gasteiger partial charge in [0.2, 0.25) is 0 Å². The van der Waals surface area contributed by atoms with Gasteiger partial charge in [0, 0.05) is 38.6 Å². The number of rotatable bonds is 4. The Labute approximate surface area is 161 Å². The zero-order valence-electron chi connectivity index (χ0n) is 15.7. The Hall–Kier alpha value is -3.03. The van der Waals surface area contributed by atoms with Crippen molar-refractivity contribution < 1.29 is 9.18 Å². The summed E-state index contributed by atoms with van der Waals surface area (Å²) < 4.78 is 17.3. The lowest BCUT2D eigenvalue weighted by Crippen LogP contribution is -2.40. The Morgan fingerprint density at radius 1 is 1.14 bits per heavy atom. The van der Waals surface area contributed by atoms with E-state index >= 15 is 0 Å². The Kier molecular flexibility index (Phi) is 4.93. The lowest BCUT2D eigenvalue weighted by molar-refractivity contribution is 0.0671. The fourth-order valence-electron chi connectivity index (χ4n) is 3.89. The first-order valence-corrected chi connectivity index (χ1v) is 9.54. The molecular formula is C20H22FN5O2. The zero-order chi connectivity index (χ0) is 19.7. The minimum atomic E-state index is -0.598. The molecule has 0 atom stereocenters. The first-order valence-electron chi connectivity index (χ1n) is 9.54. The monoisotopic (exact) mass is 383 g/mol. The number of piperidine rings is 1. The molecule has 1 saturated heterocycles. The molecule has 3 aromatic rings. The minimum Gasteiger partial charge on any atom is -0.337 e. The number of halogens is 1. The van der Waals surface area contributed by atoms with Crippen LogP contribution in [0.25, 0.3) is 11.2 Å². The van der Waals surface area contributed by atoms with Gasteiger partial charge in [-0.2, -0.15) is 0 Å². The lowest BCUT2D eigenvalue weighted by atomic mass is 9.96. The van der Waals surface area contributed by atoms with Gasteiger partial charge in [0.05, 0.1) is 5.52 Å². The Morgan fingerprint density at radius 3 is 2.57 bits per heavy atom. The first kappa shape index (κ1) is 18.3. The van der Waals surface area contributed by atoms with Crippen LogP contribution in [0.1, 0.15) is 30.3 Å². The number of pyridine rings is 2. The van der Waals surface area contributed by atoms with Gasteiger partial charge in [-0.3, -0.25) is 13.9 Å². The van der Waals surface area contributed by atoms with Gasteiger partial charge in [-0.05, 0) is 49.9 Å². The normalized spacial score (nSPS) is 15.3. The second-order valence-corrected chi connectivity index (χ2v) is 7.05. The fourth-order valence-corrected chi connectivity index (χ4v) is 3.89. The summed E-state index contributed by atoms with van der Waals surface area (Å²) in [5.74, 6) is -0.717. The summed E-state index contributed by atoms with van der Waals surface area (Å²) in [5, 5.41) is 0. The molecule has 0 aromatic carbocycles. The number of hydrogen-bond acceptors (Lipinski definition) is 4. The van der Waals surface area contributed by atoms with Crippen LogP contribution in [0.3, 0.4) is 0 Å². The van der Waals surface area contributed by atoms with Gasteiger partial charge in [0.25, 0.3) is 5.91 Å². The second-order valence-electron chi connectivity index (χ2n) is 7.05. The quantitative estimate of drug-likeness (QED) is 0.693. The standard InChI is InChI=1S/C20H22FN5O2/c1-2-25-16-6-4-10-23-18(16)26(20(25)28)13-14-7-11-24(12-8-14)19(27)17-15(21)5-3-9-22-17/h3-6,9-10,14H,2,7-8,11-13H2,1H3. The summed E-state index contributed by atoms with van der Waals surface area (Å²) >= 11 is 0. The van der Waals surface area contributed by atoms with Crippen LogP contribution in [-0.2, 0) is 13.1 Å². The molecule has 146 valence electrons. The van der Waals surface area contributed by atoms with E-state index in [0.717, 1.165) is 18.4 Å². The predicted octanol–water partition coefficient (Wildman–Crippen LogP) is 2.30. The van der Waals surface area contributed by atoms with Crippen LogP contribution < -0.4 is 5.69 Å². The van der Waals surface area contributed by atoms with Crippen LogP contribution in [0, 0.1) is 11.7 Å². The van der Waals surface area contributed by atoms with Gasteiger partial charge >= 0.3 is 5.69 Å². The average molecular weight is 383 g/mol. The number of amides is 1. The van der Waals surface area contributed by atoms with E-state index in [1.54, 1.807) is 20.2 Å². The highest BCUT2D eigenvalue weighted by Gasteiger charge is 2.27. The van der Waals surface area contributed by atoms with Crippen LogP contribution in [-0.4, -0.2) is 43.0 Å². The fraction of sp³-hybridized carbons (Fsp3) is 0.400. The largest absolute Gasteiger partial charge is 0.337 e. The number of fused-ring (bicyclic) bond motifs is 1. The van der Waals surface area contributed by atoms with E-state index in [1.165, 1.54) is 18.3 Å². The van der Waals surface area contributed by atoms with Gasteiger partial charge in [0.1, 0.15) is 0 Å². The van der Waals surface area contributed by atoms with Crippen molar-refractivity contribution in [2.45, 2.75) is 32.9 Å². The molecule has 0 spiro atoms. The molecule has 4 heterocycles. The SMILES string of the molecule is CCn1c(=O)n(CC2CCN(C(=O)c3ncccc3F)CC2)c2ncccc21. The molecule has 28 heavy (non-hydrogen) atoms. The maximum absolute atomic E-state index is 13.8. The van der Waals surface area contributed by atoms with E-state index in [1.807, 2.05) is 19.1 Å². The van der Waals surface area contributed by atoms with Crippen molar-refractivity contribution in [2.24, 2.45) is 5.92 Å². The van der Waals surface area contributed by atoms with E-state index in [0.29, 0.717) is 31.8 Å². The van der Waals surface area contributed by atoms with E-state index in [9.17, 15) is 14.0 Å². The van der Waals surface area contributed by atoms with Crippen molar-refractivity contribution in [2.75, 3.05) is 13.1 Å². The number of aromatic nitrogens is 4. The van der Waals surface area contributed by atoms with Gasteiger partial charge in [0.15, 0.2) is 17.2 Å². The molecule has 4 rings (SSSR count). The number of aryl methyl sites for hydroxylation is 1. The highest BCUT2D eigenvalue weighted by atomic mass is 19.1. The van der Waals surface area contributed by atoms with Crippen molar-refractivity contribution in [1.29, 1.82) is 0 Å². The highest BCUT2D eigenvalue weighted by molar-refractivity contribution is 5.92. The molecule has 1 aliphatic heterocycles. The van der Waals surface area contributed by atoms with Crippen LogP contribution in [0.4, 0.5) is 4.39 Å². The molecular weight excluding hydrogens is 361 g/mol. The molecule has 8 heteroatoms. The second kappa shape index (κ2) is 7.53. The summed E-state index contributed by atoms with van der Waals surface area (Å²) in [4.78, 5) is 35.2. The number of carbonyl (C=O) groups is 1. The van der Waals surface area contributed by atoms with Crippen LogP contribution >= 0.6 is 0 Å². The molecule has 1 aliphatic rings.